The van der Waals surface area contributed by atoms with Crippen LogP contribution in [0.4, 0.5) is 0 Å². The van der Waals surface area contributed by atoms with Crippen LogP contribution in [-0.4, -0.2) is 315 Å². The van der Waals surface area contributed by atoms with Crippen LogP contribution in [0.3, 0.4) is 0 Å². The van der Waals surface area contributed by atoms with Crippen molar-refractivity contribution in [3.8, 4) is 0 Å². The lowest BCUT2D eigenvalue weighted by molar-refractivity contribution is -0.379. The molecule has 0 aromatic heterocycles. The van der Waals surface area contributed by atoms with E-state index in [-0.39, 0.29) is 6.61 Å². The normalized spacial score (nSPS) is 45.6. The Labute approximate surface area is 498 Å². The Morgan fingerprint density at radius 2 is 0.791 bits per heavy atom. The van der Waals surface area contributed by atoms with Crippen LogP contribution in [0.1, 0.15) is 80.1 Å². The van der Waals surface area contributed by atoms with Crippen LogP contribution in [0.2, 0.25) is 0 Å². The molecule has 86 heavy (non-hydrogen) atoms. The van der Waals surface area contributed by atoms with E-state index in [1.165, 1.54) is 19.9 Å². The van der Waals surface area contributed by atoms with Crippen LogP contribution >= 0.6 is 0 Å². The lowest BCUT2D eigenvalue weighted by Crippen LogP contribution is -2.66. The van der Waals surface area contributed by atoms with Crippen molar-refractivity contribution in [3.63, 3.8) is 0 Å². The van der Waals surface area contributed by atoms with Gasteiger partial charge in [-0.25, -0.2) is 0 Å². The van der Waals surface area contributed by atoms with Crippen molar-refractivity contribution < 1.29 is 149 Å². The van der Waals surface area contributed by atoms with E-state index in [9.17, 15) is 91.9 Å². The highest BCUT2D eigenvalue weighted by Gasteiger charge is 2.55. The third-order valence-corrected chi connectivity index (χ3v) is 16.5. The van der Waals surface area contributed by atoms with Crippen molar-refractivity contribution in [2.24, 2.45) is 0 Å². The number of aliphatic hydroxyl groups is 18. The number of ether oxygens (including phenoxy) is 12. The molecule has 0 aromatic rings. The van der Waals surface area contributed by atoms with Gasteiger partial charge in [0.25, 0.3) is 0 Å². The van der Waals surface area contributed by atoms with Gasteiger partial charge in [0.15, 0.2) is 37.7 Å². The minimum Gasteiger partial charge on any atom is -0.394 e. The van der Waals surface area contributed by atoms with Gasteiger partial charge in [-0.05, 0) is 80.1 Å². The summed E-state index contributed by atoms with van der Waals surface area (Å²) in [5, 5.41) is 190. The Bertz CT molecular complexity index is 2160. The zero-order valence-electron chi connectivity index (χ0n) is 49.1. The highest BCUT2D eigenvalue weighted by Crippen LogP contribution is 2.36. The maximum Gasteiger partial charge on any atom is 0.188 e. The molecule has 6 fully saturated rings. The van der Waals surface area contributed by atoms with E-state index in [2.05, 4.69) is 12.7 Å². The molecule has 0 amide bonds. The monoisotopic (exact) mass is 1250 g/mol. The van der Waals surface area contributed by atoms with Crippen molar-refractivity contribution in [2.75, 3.05) is 33.0 Å². The molecule has 6 saturated heterocycles. The predicted octanol–water partition coefficient (Wildman–Crippen LogP) is -5.90. The summed E-state index contributed by atoms with van der Waals surface area (Å²) in [5.74, 6) is 0. The molecule has 31 atom stereocenters. The lowest BCUT2D eigenvalue weighted by Gasteiger charge is -2.48. The van der Waals surface area contributed by atoms with Crippen LogP contribution in [0, 0.1) is 0 Å². The van der Waals surface area contributed by atoms with E-state index in [1.807, 2.05) is 26.0 Å². The van der Waals surface area contributed by atoms with E-state index < -0.39 is 216 Å². The molecule has 0 spiro atoms. The standard InChI is InChI=1S/C56H94O30/c1-8-56(7,86-55-49(39(67)35(63)30(20-59)81-55)85-54-44(72)38(66)34(62)29(19-58)80-54)17-11-16-24(3)13-9-12-23(2)14-10-15-25(4)21-75-51-45(73)41(69)48(31(82-51)22-76-50-42(70)36(64)32(60)26(5)77-50)84-52-46(74)40(68)47(27(6)78-52)83-53-43(71)37(65)33(61)28(18-57)79-53/h8,12,15-16,26-55,57-74H,1,9-11,13-14,17-22H2,2-7H3/b23-12+,24-16+,25-15+/t26-,27-,28+,29+,30+,31+,32-,33+,34+,35+,36-,37-,38-,39-,40-,41+,42+,43+,44+,45+,46+,47-,48+,49+,50+,51+,52-,53-,54-,55-,56?/m0/s1. The second-order valence-electron chi connectivity index (χ2n) is 23.3. The molecule has 0 saturated carbocycles. The van der Waals surface area contributed by atoms with Gasteiger partial charge in [0.2, 0.25) is 0 Å². The molecule has 6 heterocycles. The fourth-order valence-electron chi connectivity index (χ4n) is 10.8. The summed E-state index contributed by atoms with van der Waals surface area (Å²) in [6.45, 7) is 11.4. The molecule has 30 nitrogen and oxygen atoms in total. The summed E-state index contributed by atoms with van der Waals surface area (Å²) < 4.78 is 69.7. The summed E-state index contributed by atoms with van der Waals surface area (Å²) in [6, 6.07) is 0. The molecule has 0 bridgehead atoms. The second-order valence-corrected chi connectivity index (χ2v) is 23.3. The number of hydrogen-bond donors (Lipinski definition) is 18. The van der Waals surface area contributed by atoms with Gasteiger partial charge in [-0.1, -0.05) is 41.0 Å². The Hall–Kier alpha value is -2.24. The van der Waals surface area contributed by atoms with Crippen LogP contribution in [-0.2, 0) is 56.8 Å². The third-order valence-electron chi connectivity index (χ3n) is 16.5. The highest BCUT2D eigenvalue weighted by atomic mass is 16.8. The quantitative estimate of drug-likeness (QED) is 0.0341. The summed E-state index contributed by atoms with van der Waals surface area (Å²) >= 11 is 0. The predicted molar refractivity (Wildman–Crippen MR) is 290 cm³/mol. The summed E-state index contributed by atoms with van der Waals surface area (Å²) in [4.78, 5) is 0. The summed E-state index contributed by atoms with van der Waals surface area (Å²) in [6.07, 6.45) is -36.9. The van der Waals surface area contributed by atoms with E-state index in [4.69, 9.17) is 56.8 Å². The first-order valence-electron chi connectivity index (χ1n) is 29.0. The van der Waals surface area contributed by atoms with Crippen LogP contribution in [0.25, 0.3) is 0 Å². The maximum absolute atomic E-state index is 11.6. The molecule has 18 N–H and O–H groups in total. The zero-order valence-corrected chi connectivity index (χ0v) is 49.1. The number of aliphatic hydroxyl groups excluding tert-OH is 18. The average molecular weight is 1250 g/mol. The average Bonchev–Trinajstić information content (AvgIpc) is 1.00. The van der Waals surface area contributed by atoms with Crippen molar-refractivity contribution in [1.29, 1.82) is 0 Å². The molecule has 0 radical (unpaired) electrons. The Morgan fingerprint density at radius 1 is 0.407 bits per heavy atom. The number of rotatable bonds is 27. The minimum atomic E-state index is -1.95. The topological polar surface area (TPSA) is 475 Å². The van der Waals surface area contributed by atoms with Gasteiger partial charge >= 0.3 is 0 Å². The summed E-state index contributed by atoms with van der Waals surface area (Å²) in [5.41, 5.74) is 1.79. The van der Waals surface area contributed by atoms with Gasteiger partial charge in [-0.2, -0.15) is 0 Å². The first-order chi connectivity index (χ1) is 40.6. The largest absolute Gasteiger partial charge is 0.394 e. The molecule has 498 valence electrons. The van der Waals surface area contributed by atoms with Crippen molar-refractivity contribution >= 4 is 0 Å². The van der Waals surface area contributed by atoms with Crippen molar-refractivity contribution in [1.82, 2.24) is 0 Å². The second kappa shape index (κ2) is 32.9. The molecule has 30 heteroatoms. The van der Waals surface area contributed by atoms with E-state index in [1.54, 1.807) is 13.8 Å². The number of allylic oxidation sites excluding steroid dienone is 5. The fourth-order valence-corrected chi connectivity index (χ4v) is 10.8. The van der Waals surface area contributed by atoms with Crippen LogP contribution in [0.15, 0.2) is 47.6 Å². The molecular formula is C56H94O30. The fraction of sp³-hybridized carbons (Fsp3) is 0.857. The van der Waals surface area contributed by atoms with E-state index >= 15 is 0 Å². The van der Waals surface area contributed by atoms with Gasteiger partial charge < -0.3 is 149 Å². The van der Waals surface area contributed by atoms with E-state index in [0.29, 0.717) is 25.7 Å². The molecular weight excluding hydrogens is 1150 g/mol. The Balaban J connectivity index is 0.999. The van der Waals surface area contributed by atoms with Crippen LogP contribution < -0.4 is 0 Å². The Kier molecular flexibility index (Phi) is 27.8. The molecule has 0 aliphatic carbocycles. The first kappa shape index (κ1) is 72.8. The van der Waals surface area contributed by atoms with Crippen molar-refractivity contribution in [2.45, 2.75) is 270 Å². The smallest absolute Gasteiger partial charge is 0.188 e. The highest BCUT2D eigenvalue weighted by molar-refractivity contribution is 5.08. The van der Waals surface area contributed by atoms with E-state index in [0.717, 1.165) is 29.6 Å². The molecule has 6 rings (SSSR count). The van der Waals surface area contributed by atoms with Crippen molar-refractivity contribution in [3.05, 3.63) is 47.6 Å². The SMILES string of the molecule is C=CC(C)(CC/C=C(\C)CC/C=C(\C)CC/C=C(\C)CO[C@@H]1O[C@H](CO[C@@H]2O[C@@H](C)[C@H](O)[C@H](O)[C@H]2O)[C@@H](O[C@@H]2O[C@@H](C)[C@H](O[C@@H]3O[C@H](CO)[C@@H](O)[C@H](O)[C@H]3O)[C@@H](O)[C@H]2O)[C@H](O)[C@H]1O)O[C@@H]1O[C@H](CO)[C@@H](O)[C@H](O)[C@H]1O[C@@H]1O[C@H](CO)[C@@H](O)[C@H](O)[C@H]1O. The maximum atomic E-state index is 11.6. The van der Waals surface area contributed by atoms with Crippen LogP contribution in [0.5, 0.6) is 0 Å². The first-order valence-corrected chi connectivity index (χ1v) is 29.0. The third kappa shape index (κ3) is 17.9. The van der Waals surface area contributed by atoms with Gasteiger partial charge in [0.05, 0.1) is 50.8 Å². The Morgan fingerprint density at radius 3 is 1.34 bits per heavy atom. The lowest BCUT2D eigenvalue weighted by atomic mass is 9.95. The van der Waals surface area contributed by atoms with Gasteiger partial charge in [0.1, 0.15) is 134 Å². The number of hydrogen-bond acceptors (Lipinski definition) is 30. The molecule has 0 aromatic carbocycles. The summed E-state index contributed by atoms with van der Waals surface area (Å²) in [7, 11) is 0. The van der Waals surface area contributed by atoms with Gasteiger partial charge in [-0.3, -0.25) is 0 Å². The van der Waals surface area contributed by atoms with Gasteiger partial charge in [-0.15, -0.1) is 6.58 Å². The molecule has 6 aliphatic rings. The van der Waals surface area contributed by atoms with Gasteiger partial charge in [0, 0.05) is 0 Å². The zero-order chi connectivity index (χ0) is 63.6. The molecule has 6 aliphatic heterocycles. The minimum absolute atomic E-state index is 0.0787. The molecule has 1 unspecified atom stereocenters.